The van der Waals surface area contributed by atoms with E-state index in [9.17, 15) is 8.42 Å². The Morgan fingerprint density at radius 1 is 1.33 bits per heavy atom. The Kier molecular flexibility index (Phi) is 4.88. The minimum absolute atomic E-state index is 0.0297. The number of methoxy groups -OCH3 is 2. The number of hydrogen-bond donors (Lipinski definition) is 2. The Hall–Kier alpha value is -1.15. The molecule has 7 heteroatoms. The first-order valence-electron chi connectivity index (χ1n) is 6.79. The summed E-state index contributed by atoms with van der Waals surface area (Å²) in [6.07, 6.45) is 2.73. The number of sulfonamides is 1. The third kappa shape index (κ3) is 3.37. The molecular weight excluding hydrogens is 294 g/mol. The monoisotopic (exact) mass is 315 g/mol. The topological polar surface area (TPSA) is 84.9 Å². The van der Waals surface area contributed by atoms with Crippen LogP contribution in [-0.4, -0.2) is 39.9 Å². The van der Waals surface area contributed by atoms with E-state index in [2.05, 4.69) is 4.72 Å². The van der Waals surface area contributed by atoms with Gasteiger partial charge in [0.25, 0.3) is 0 Å². The minimum atomic E-state index is -3.72. The van der Waals surface area contributed by atoms with Crippen molar-refractivity contribution in [2.45, 2.75) is 36.4 Å². The van der Waals surface area contributed by atoms with Crippen LogP contribution in [0.2, 0.25) is 0 Å². The molecule has 0 spiro atoms. The van der Waals surface area contributed by atoms with Crippen LogP contribution < -0.4 is 9.46 Å². The maximum atomic E-state index is 12.5. The normalized spacial score (nSPS) is 17.3. The van der Waals surface area contributed by atoms with Crippen molar-refractivity contribution in [3.63, 3.8) is 0 Å². The summed E-state index contributed by atoms with van der Waals surface area (Å²) < 4.78 is 38.0. The van der Waals surface area contributed by atoms with Gasteiger partial charge < -0.3 is 14.6 Å². The first-order valence-corrected chi connectivity index (χ1v) is 8.27. The molecule has 0 radical (unpaired) electrons. The van der Waals surface area contributed by atoms with Gasteiger partial charge in [0.15, 0.2) is 0 Å². The molecule has 0 atom stereocenters. The summed E-state index contributed by atoms with van der Waals surface area (Å²) in [5.41, 5.74) is 0.121. The van der Waals surface area contributed by atoms with Gasteiger partial charge >= 0.3 is 0 Å². The molecule has 1 aromatic rings. The largest absolute Gasteiger partial charge is 0.495 e. The molecule has 0 heterocycles. The van der Waals surface area contributed by atoms with Gasteiger partial charge in [-0.05, 0) is 37.0 Å². The zero-order valence-electron chi connectivity index (χ0n) is 12.3. The Balaban J connectivity index is 2.22. The lowest BCUT2D eigenvalue weighted by atomic mass is 9.80. The van der Waals surface area contributed by atoms with E-state index >= 15 is 0 Å². The van der Waals surface area contributed by atoms with Crippen LogP contribution in [0.3, 0.4) is 0 Å². The van der Waals surface area contributed by atoms with E-state index < -0.39 is 15.6 Å². The highest BCUT2D eigenvalue weighted by Crippen LogP contribution is 2.35. The van der Waals surface area contributed by atoms with Gasteiger partial charge in [-0.1, -0.05) is 6.07 Å². The molecule has 1 aliphatic rings. The minimum Gasteiger partial charge on any atom is -0.495 e. The van der Waals surface area contributed by atoms with Crippen molar-refractivity contribution in [3.8, 4) is 5.75 Å². The zero-order valence-corrected chi connectivity index (χ0v) is 13.1. The van der Waals surface area contributed by atoms with Gasteiger partial charge in [0.2, 0.25) is 10.0 Å². The molecule has 1 saturated carbocycles. The van der Waals surface area contributed by atoms with Crippen LogP contribution >= 0.6 is 0 Å². The third-order valence-electron chi connectivity index (χ3n) is 3.98. The van der Waals surface area contributed by atoms with E-state index in [-0.39, 0.29) is 23.8 Å². The zero-order chi connectivity index (χ0) is 15.5. The molecule has 2 rings (SSSR count). The van der Waals surface area contributed by atoms with E-state index in [1.54, 1.807) is 13.2 Å². The number of hydrogen-bond acceptors (Lipinski definition) is 5. The maximum absolute atomic E-state index is 12.5. The highest BCUT2D eigenvalue weighted by atomic mass is 32.2. The van der Waals surface area contributed by atoms with Crippen molar-refractivity contribution in [2.75, 3.05) is 20.8 Å². The number of nitrogens with one attached hydrogen (secondary N) is 1. The van der Waals surface area contributed by atoms with Crippen molar-refractivity contribution in [1.82, 2.24) is 4.72 Å². The van der Waals surface area contributed by atoms with Gasteiger partial charge in [-0.2, -0.15) is 0 Å². The van der Waals surface area contributed by atoms with Crippen molar-refractivity contribution in [2.24, 2.45) is 0 Å². The molecule has 0 aliphatic heterocycles. The molecule has 2 N–H and O–H groups in total. The van der Waals surface area contributed by atoms with Crippen LogP contribution in [0, 0.1) is 0 Å². The molecule has 0 aromatic heterocycles. The van der Waals surface area contributed by atoms with Crippen molar-refractivity contribution >= 4 is 10.0 Å². The summed E-state index contributed by atoms with van der Waals surface area (Å²) in [4.78, 5) is 0.0297. The predicted octanol–water partition coefficient (Wildman–Crippen LogP) is 1.03. The molecule has 21 heavy (non-hydrogen) atoms. The first kappa shape index (κ1) is 16.2. The van der Waals surface area contributed by atoms with Crippen molar-refractivity contribution < 1.29 is 23.0 Å². The fraction of sp³-hybridized carbons (Fsp3) is 0.571. The lowest BCUT2D eigenvalue weighted by molar-refractivity contribution is -0.0659. The van der Waals surface area contributed by atoms with Crippen LogP contribution in [0.5, 0.6) is 5.75 Å². The number of ether oxygens (including phenoxy) is 2. The number of aliphatic hydroxyl groups excluding tert-OH is 1. The summed E-state index contributed by atoms with van der Waals surface area (Å²) in [6.45, 7) is 0.00681. The fourth-order valence-corrected chi connectivity index (χ4v) is 3.69. The fourth-order valence-electron chi connectivity index (χ4n) is 2.36. The number of benzene rings is 1. The van der Waals surface area contributed by atoms with Crippen molar-refractivity contribution in [1.29, 1.82) is 0 Å². The second kappa shape index (κ2) is 6.31. The molecule has 0 amide bonds. The van der Waals surface area contributed by atoms with E-state index in [4.69, 9.17) is 14.6 Å². The standard InChI is InChI=1S/C14H21NO5S/c1-19-12-5-4-11(9-16)8-13(12)21(17,18)15-10-14(20-2)6-3-7-14/h4-5,8,15-16H,3,6-7,9-10H2,1-2H3. The Bertz CT molecular complexity index is 590. The lowest BCUT2D eigenvalue weighted by Gasteiger charge is -2.40. The SMILES string of the molecule is COc1ccc(CO)cc1S(=O)(=O)NCC1(OC)CCC1. The average molecular weight is 315 g/mol. The van der Waals surface area contributed by atoms with Gasteiger partial charge in [0.05, 0.1) is 19.3 Å². The molecule has 0 bridgehead atoms. The van der Waals surface area contributed by atoms with Gasteiger partial charge in [-0.25, -0.2) is 13.1 Å². The summed E-state index contributed by atoms with van der Waals surface area (Å²) in [5.74, 6) is 0.250. The molecule has 0 unspecified atom stereocenters. The summed E-state index contributed by atoms with van der Waals surface area (Å²) in [5, 5.41) is 9.16. The Morgan fingerprint density at radius 3 is 2.52 bits per heavy atom. The molecule has 1 aromatic carbocycles. The number of rotatable bonds is 7. The smallest absolute Gasteiger partial charge is 0.244 e. The molecule has 118 valence electrons. The third-order valence-corrected chi connectivity index (χ3v) is 5.40. The second-order valence-corrected chi connectivity index (χ2v) is 6.94. The van der Waals surface area contributed by atoms with Crippen LogP contribution in [0.25, 0.3) is 0 Å². The first-order chi connectivity index (χ1) is 9.96. The van der Waals surface area contributed by atoms with Crippen LogP contribution in [-0.2, 0) is 21.4 Å². The van der Waals surface area contributed by atoms with Crippen molar-refractivity contribution in [3.05, 3.63) is 23.8 Å². The summed E-state index contributed by atoms with van der Waals surface area (Å²) >= 11 is 0. The second-order valence-electron chi connectivity index (χ2n) is 5.21. The summed E-state index contributed by atoms with van der Waals surface area (Å²) in [7, 11) is -0.711. The predicted molar refractivity (Wildman–Crippen MR) is 77.7 cm³/mol. The summed E-state index contributed by atoms with van der Waals surface area (Å²) in [6, 6.07) is 4.58. The van der Waals surface area contributed by atoms with Crippen LogP contribution in [0.15, 0.2) is 23.1 Å². The highest BCUT2D eigenvalue weighted by Gasteiger charge is 2.38. The quantitative estimate of drug-likeness (QED) is 0.785. The average Bonchev–Trinajstić information content (AvgIpc) is 2.45. The van der Waals surface area contributed by atoms with Gasteiger partial charge in [0, 0.05) is 13.7 Å². The van der Waals surface area contributed by atoms with E-state index in [0.29, 0.717) is 5.56 Å². The highest BCUT2D eigenvalue weighted by molar-refractivity contribution is 7.89. The van der Waals surface area contributed by atoms with E-state index in [1.807, 2.05) is 0 Å². The van der Waals surface area contributed by atoms with Crippen LogP contribution in [0.1, 0.15) is 24.8 Å². The maximum Gasteiger partial charge on any atom is 0.244 e. The molecule has 6 nitrogen and oxygen atoms in total. The molecule has 1 fully saturated rings. The van der Waals surface area contributed by atoms with E-state index in [1.165, 1.54) is 19.2 Å². The van der Waals surface area contributed by atoms with Gasteiger partial charge in [0.1, 0.15) is 10.6 Å². The van der Waals surface area contributed by atoms with Gasteiger partial charge in [-0.3, -0.25) is 0 Å². The lowest BCUT2D eigenvalue weighted by Crippen LogP contribution is -2.49. The van der Waals surface area contributed by atoms with Gasteiger partial charge in [-0.15, -0.1) is 0 Å². The Morgan fingerprint density at radius 2 is 2.05 bits per heavy atom. The molecule has 0 saturated heterocycles. The molecular formula is C14H21NO5S. The van der Waals surface area contributed by atoms with Crippen LogP contribution in [0.4, 0.5) is 0 Å². The molecule has 1 aliphatic carbocycles. The van der Waals surface area contributed by atoms with E-state index in [0.717, 1.165) is 19.3 Å². The Labute approximate surface area is 125 Å². The number of aliphatic hydroxyl groups is 1.